The van der Waals surface area contributed by atoms with Gasteiger partial charge >= 0.3 is 0 Å². The standard InChI is InChI=1S/C15H29NO/c1-4-6-7-13(5-2)12-16(3)14-8-10-15(17)11-9-14/h13-14H,4-12H2,1-3H3. The van der Waals surface area contributed by atoms with Gasteiger partial charge in [-0.3, -0.25) is 4.79 Å². The van der Waals surface area contributed by atoms with Crippen molar-refractivity contribution in [3.8, 4) is 0 Å². The highest BCUT2D eigenvalue weighted by atomic mass is 16.1. The van der Waals surface area contributed by atoms with Crippen molar-refractivity contribution in [2.24, 2.45) is 5.92 Å². The van der Waals surface area contributed by atoms with Crippen LogP contribution in [0.4, 0.5) is 0 Å². The summed E-state index contributed by atoms with van der Waals surface area (Å²) in [5.41, 5.74) is 0. The van der Waals surface area contributed by atoms with Crippen LogP contribution >= 0.6 is 0 Å². The highest BCUT2D eigenvalue weighted by Gasteiger charge is 2.23. The Labute approximate surface area is 107 Å². The number of ketones is 1. The molecule has 1 aliphatic carbocycles. The molecule has 2 nitrogen and oxygen atoms in total. The Morgan fingerprint density at radius 1 is 1.29 bits per heavy atom. The van der Waals surface area contributed by atoms with Crippen molar-refractivity contribution in [1.82, 2.24) is 4.90 Å². The first-order chi connectivity index (χ1) is 8.17. The van der Waals surface area contributed by atoms with Crippen LogP contribution in [0.2, 0.25) is 0 Å². The van der Waals surface area contributed by atoms with Crippen molar-refractivity contribution < 1.29 is 4.79 Å². The first-order valence-electron chi connectivity index (χ1n) is 7.39. The molecule has 0 aliphatic heterocycles. The largest absolute Gasteiger partial charge is 0.303 e. The van der Waals surface area contributed by atoms with E-state index in [0.717, 1.165) is 31.6 Å². The van der Waals surface area contributed by atoms with Crippen LogP contribution in [0, 0.1) is 5.92 Å². The first-order valence-corrected chi connectivity index (χ1v) is 7.39. The quantitative estimate of drug-likeness (QED) is 0.676. The van der Waals surface area contributed by atoms with Gasteiger partial charge in [-0.15, -0.1) is 0 Å². The number of nitrogens with zero attached hydrogens (tertiary/aromatic N) is 1. The molecule has 0 aromatic rings. The maximum atomic E-state index is 11.2. The molecule has 1 rings (SSSR count). The molecule has 1 atom stereocenters. The smallest absolute Gasteiger partial charge is 0.133 e. The average molecular weight is 239 g/mol. The Hall–Kier alpha value is -0.370. The summed E-state index contributed by atoms with van der Waals surface area (Å²) in [5, 5.41) is 0. The van der Waals surface area contributed by atoms with Crippen LogP contribution in [0.25, 0.3) is 0 Å². The molecule has 17 heavy (non-hydrogen) atoms. The fourth-order valence-electron chi connectivity index (χ4n) is 2.84. The van der Waals surface area contributed by atoms with Crippen LogP contribution in [0.15, 0.2) is 0 Å². The monoisotopic (exact) mass is 239 g/mol. The maximum Gasteiger partial charge on any atom is 0.133 e. The number of unbranched alkanes of at least 4 members (excludes halogenated alkanes) is 1. The van der Waals surface area contributed by atoms with E-state index in [2.05, 4.69) is 25.8 Å². The molecule has 1 fully saturated rings. The van der Waals surface area contributed by atoms with Gasteiger partial charge in [0.2, 0.25) is 0 Å². The number of hydrogen-bond donors (Lipinski definition) is 0. The van der Waals surface area contributed by atoms with Crippen LogP contribution in [0.5, 0.6) is 0 Å². The molecule has 100 valence electrons. The fraction of sp³-hybridized carbons (Fsp3) is 0.933. The molecular weight excluding hydrogens is 210 g/mol. The van der Waals surface area contributed by atoms with E-state index < -0.39 is 0 Å². The zero-order valence-electron chi connectivity index (χ0n) is 11.9. The molecule has 1 unspecified atom stereocenters. The van der Waals surface area contributed by atoms with Crippen LogP contribution in [0.3, 0.4) is 0 Å². The number of carbonyl (C=O) groups excluding carboxylic acids is 1. The SMILES string of the molecule is CCCCC(CC)CN(C)C1CCC(=O)CC1. The molecule has 0 heterocycles. The summed E-state index contributed by atoms with van der Waals surface area (Å²) in [7, 11) is 2.25. The molecule has 0 aromatic carbocycles. The van der Waals surface area contributed by atoms with Gasteiger partial charge in [0.05, 0.1) is 0 Å². The third-order valence-corrected chi connectivity index (χ3v) is 4.23. The zero-order chi connectivity index (χ0) is 12.7. The Kier molecular flexibility index (Phi) is 6.79. The molecule has 0 radical (unpaired) electrons. The lowest BCUT2D eigenvalue weighted by Gasteiger charge is -2.33. The van der Waals surface area contributed by atoms with Crippen molar-refractivity contribution in [1.29, 1.82) is 0 Å². The van der Waals surface area contributed by atoms with Gasteiger partial charge in [-0.1, -0.05) is 33.1 Å². The van der Waals surface area contributed by atoms with Crippen LogP contribution in [-0.4, -0.2) is 30.3 Å². The van der Waals surface area contributed by atoms with E-state index in [1.54, 1.807) is 0 Å². The Morgan fingerprint density at radius 3 is 2.47 bits per heavy atom. The summed E-state index contributed by atoms with van der Waals surface area (Å²) in [6.45, 7) is 5.79. The lowest BCUT2D eigenvalue weighted by molar-refractivity contribution is -0.121. The van der Waals surface area contributed by atoms with Crippen molar-refractivity contribution in [2.75, 3.05) is 13.6 Å². The lowest BCUT2D eigenvalue weighted by Crippen LogP contribution is -2.38. The normalized spacial score (nSPS) is 19.9. The van der Waals surface area contributed by atoms with Crippen LogP contribution < -0.4 is 0 Å². The van der Waals surface area contributed by atoms with E-state index in [-0.39, 0.29) is 0 Å². The summed E-state index contributed by atoms with van der Waals surface area (Å²) in [6, 6.07) is 0.656. The van der Waals surface area contributed by atoms with E-state index >= 15 is 0 Å². The van der Waals surface area contributed by atoms with Crippen LogP contribution in [0.1, 0.15) is 65.2 Å². The zero-order valence-corrected chi connectivity index (χ0v) is 11.9. The van der Waals surface area contributed by atoms with Gasteiger partial charge in [0, 0.05) is 25.4 Å². The summed E-state index contributed by atoms with van der Waals surface area (Å²) in [6.07, 6.45) is 9.09. The second kappa shape index (κ2) is 7.86. The van der Waals surface area contributed by atoms with Crippen molar-refractivity contribution in [2.45, 2.75) is 71.3 Å². The molecule has 0 spiro atoms. The number of hydrogen-bond acceptors (Lipinski definition) is 2. The molecule has 2 heteroatoms. The van der Waals surface area contributed by atoms with Gasteiger partial charge < -0.3 is 4.90 Å². The van der Waals surface area contributed by atoms with Gasteiger partial charge in [-0.2, -0.15) is 0 Å². The van der Waals surface area contributed by atoms with E-state index in [0.29, 0.717) is 11.8 Å². The van der Waals surface area contributed by atoms with E-state index in [4.69, 9.17) is 0 Å². The predicted octanol–water partition coefficient (Wildman–Crippen LogP) is 3.65. The molecule has 0 saturated heterocycles. The minimum atomic E-state index is 0.465. The van der Waals surface area contributed by atoms with Gasteiger partial charge in [-0.05, 0) is 32.2 Å². The second-order valence-electron chi connectivity index (χ2n) is 5.63. The third kappa shape index (κ3) is 5.20. The Bertz CT molecular complexity index is 217. The summed E-state index contributed by atoms with van der Waals surface area (Å²) >= 11 is 0. The van der Waals surface area contributed by atoms with E-state index in [1.165, 1.54) is 32.2 Å². The van der Waals surface area contributed by atoms with E-state index in [1.807, 2.05) is 0 Å². The first kappa shape index (κ1) is 14.7. The van der Waals surface area contributed by atoms with Gasteiger partial charge in [0.15, 0.2) is 0 Å². The molecule has 1 aliphatic rings. The molecule has 0 N–H and O–H groups in total. The predicted molar refractivity (Wildman–Crippen MR) is 73.2 cm³/mol. The lowest BCUT2D eigenvalue weighted by atomic mass is 9.91. The molecular formula is C15H29NO. The number of carbonyl (C=O) groups is 1. The minimum absolute atomic E-state index is 0.465. The van der Waals surface area contributed by atoms with Crippen molar-refractivity contribution in [3.05, 3.63) is 0 Å². The highest BCUT2D eigenvalue weighted by molar-refractivity contribution is 5.79. The fourth-order valence-corrected chi connectivity index (χ4v) is 2.84. The molecule has 1 saturated carbocycles. The Balaban J connectivity index is 2.30. The topological polar surface area (TPSA) is 20.3 Å². The average Bonchev–Trinajstić information content (AvgIpc) is 2.35. The molecule has 0 amide bonds. The van der Waals surface area contributed by atoms with Gasteiger partial charge in [0.1, 0.15) is 5.78 Å². The summed E-state index contributed by atoms with van der Waals surface area (Å²) < 4.78 is 0. The van der Waals surface area contributed by atoms with Crippen LogP contribution in [-0.2, 0) is 4.79 Å². The molecule has 0 aromatic heterocycles. The summed E-state index contributed by atoms with van der Waals surface area (Å²) in [5.74, 6) is 1.31. The van der Waals surface area contributed by atoms with E-state index in [9.17, 15) is 4.79 Å². The summed E-state index contributed by atoms with van der Waals surface area (Å²) in [4.78, 5) is 13.7. The molecule has 0 bridgehead atoms. The third-order valence-electron chi connectivity index (χ3n) is 4.23. The minimum Gasteiger partial charge on any atom is -0.303 e. The van der Waals surface area contributed by atoms with Gasteiger partial charge in [-0.25, -0.2) is 0 Å². The highest BCUT2D eigenvalue weighted by Crippen LogP contribution is 2.22. The van der Waals surface area contributed by atoms with Gasteiger partial charge in [0.25, 0.3) is 0 Å². The number of rotatable bonds is 7. The Morgan fingerprint density at radius 2 is 1.94 bits per heavy atom. The maximum absolute atomic E-state index is 11.2. The van der Waals surface area contributed by atoms with Crippen molar-refractivity contribution in [3.63, 3.8) is 0 Å². The second-order valence-corrected chi connectivity index (χ2v) is 5.63. The van der Waals surface area contributed by atoms with Crippen molar-refractivity contribution >= 4 is 5.78 Å². The number of Topliss-reactive ketones (excluding diaryl/α,β-unsaturated/α-hetero) is 1.